The van der Waals surface area contributed by atoms with Crippen LogP contribution in [0.4, 0.5) is 0 Å². The first-order valence-corrected chi connectivity index (χ1v) is 8.65. The third-order valence-corrected chi connectivity index (χ3v) is 4.48. The van der Waals surface area contributed by atoms with Crippen LogP contribution in [-0.4, -0.2) is 38.7 Å². The Labute approximate surface area is 159 Å². The summed E-state index contributed by atoms with van der Waals surface area (Å²) in [5.74, 6) is 2.08. The fourth-order valence-electron chi connectivity index (χ4n) is 2.67. The second-order valence-corrected chi connectivity index (χ2v) is 6.24. The topological polar surface area (TPSA) is 48.0 Å². The van der Waals surface area contributed by atoms with Gasteiger partial charge in [0.25, 0.3) is 0 Å². The van der Waals surface area contributed by atoms with Crippen LogP contribution in [0.5, 0.6) is 17.2 Å². The highest BCUT2D eigenvalue weighted by Gasteiger charge is 2.14. The van der Waals surface area contributed by atoms with Crippen molar-refractivity contribution < 1.29 is 19.0 Å². The second kappa shape index (κ2) is 9.34. The first-order chi connectivity index (χ1) is 12.5. The van der Waals surface area contributed by atoms with Gasteiger partial charge in [0.1, 0.15) is 17.2 Å². The van der Waals surface area contributed by atoms with Crippen molar-refractivity contribution >= 4 is 17.5 Å². The highest BCUT2D eigenvalue weighted by atomic mass is 35.5. The number of carbonyl (C=O) groups excluding carboxylic acids is 1. The lowest BCUT2D eigenvalue weighted by atomic mass is 10.1. The minimum absolute atomic E-state index is 0.0145. The molecule has 0 N–H and O–H groups in total. The van der Waals surface area contributed by atoms with E-state index in [1.807, 2.05) is 30.3 Å². The van der Waals surface area contributed by atoms with E-state index in [1.54, 1.807) is 39.2 Å². The number of halogens is 1. The van der Waals surface area contributed by atoms with E-state index in [9.17, 15) is 4.79 Å². The van der Waals surface area contributed by atoms with Crippen molar-refractivity contribution in [2.75, 3.05) is 27.9 Å². The quantitative estimate of drug-likeness (QED) is 0.698. The third kappa shape index (κ3) is 5.05. The lowest BCUT2D eigenvalue weighted by Crippen LogP contribution is -2.30. The summed E-state index contributed by atoms with van der Waals surface area (Å²) in [6.45, 7) is 2.66. The van der Waals surface area contributed by atoms with E-state index in [2.05, 4.69) is 0 Å². The van der Waals surface area contributed by atoms with Crippen LogP contribution in [-0.2, 0) is 17.8 Å². The molecule has 6 heteroatoms. The molecule has 1 amide bonds. The van der Waals surface area contributed by atoms with Crippen LogP contribution < -0.4 is 14.2 Å². The molecule has 0 spiro atoms. The van der Waals surface area contributed by atoms with E-state index < -0.39 is 0 Å². The summed E-state index contributed by atoms with van der Waals surface area (Å²) < 4.78 is 15.8. The zero-order valence-electron chi connectivity index (χ0n) is 15.5. The van der Waals surface area contributed by atoms with Gasteiger partial charge in [0.15, 0.2) is 0 Å². The molecule has 0 aliphatic carbocycles. The molecule has 2 aromatic rings. The SMILES string of the molecule is COc1ccc(CN(CCc2cc(OC)c(Cl)cc2OC)C(C)=O)cc1. The molecule has 0 aliphatic heterocycles. The Morgan fingerprint density at radius 1 is 1.00 bits per heavy atom. The van der Waals surface area contributed by atoms with E-state index in [0.29, 0.717) is 36.0 Å². The fourth-order valence-corrected chi connectivity index (χ4v) is 2.90. The molecule has 0 radical (unpaired) electrons. The minimum Gasteiger partial charge on any atom is -0.497 e. The predicted molar refractivity (Wildman–Crippen MR) is 102 cm³/mol. The Morgan fingerprint density at radius 3 is 2.19 bits per heavy atom. The van der Waals surface area contributed by atoms with E-state index in [0.717, 1.165) is 16.9 Å². The van der Waals surface area contributed by atoms with Gasteiger partial charge in [-0.1, -0.05) is 23.7 Å². The number of rotatable bonds is 8. The molecule has 0 saturated carbocycles. The van der Waals surface area contributed by atoms with E-state index >= 15 is 0 Å². The standard InChI is InChI=1S/C20H24ClNO4/c1-14(23)22(13-15-5-7-17(24-2)8-6-15)10-9-16-11-20(26-4)18(21)12-19(16)25-3/h5-8,11-12H,9-10,13H2,1-4H3. The van der Waals surface area contributed by atoms with Crippen molar-refractivity contribution in [3.63, 3.8) is 0 Å². The summed E-state index contributed by atoms with van der Waals surface area (Å²) in [6, 6.07) is 11.3. The Balaban J connectivity index is 2.11. The molecule has 0 unspecified atom stereocenters. The van der Waals surface area contributed by atoms with Crippen molar-refractivity contribution in [1.82, 2.24) is 4.90 Å². The number of benzene rings is 2. The molecule has 0 saturated heterocycles. The first kappa shape index (κ1) is 19.9. The molecule has 0 heterocycles. The maximum atomic E-state index is 12.0. The Morgan fingerprint density at radius 2 is 1.65 bits per heavy atom. The lowest BCUT2D eigenvalue weighted by molar-refractivity contribution is -0.129. The molecule has 140 valence electrons. The third-order valence-electron chi connectivity index (χ3n) is 4.18. The van der Waals surface area contributed by atoms with E-state index in [-0.39, 0.29) is 5.91 Å². The zero-order valence-corrected chi connectivity index (χ0v) is 16.3. The van der Waals surface area contributed by atoms with Gasteiger partial charge < -0.3 is 19.1 Å². The van der Waals surface area contributed by atoms with Gasteiger partial charge in [-0.2, -0.15) is 0 Å². The van der Waals surface area contributed by atoms with Crippen molar-refractivity contribution in [3.8, 4) is 17.2 Å². The summed E-state index contributed by atoms with van der Waals surface area (Å²) in [6.07, 6.45) is 0.631. The molecule has 26 heavy (non-hydrogen) atoms. The number of hydrogen-bond donors (Lipinski definition) is 0. The van der Waals surface area contributed by atoms with Crippen molar-refractivity contribution in [2.24, 2.45) is 0 Å². The van der Waals surface area contributed by atoms with Crippen molar-refractivity contribution in [2.45, 2.75) is 19.9 Å². The van der Waals surface area contributed by atoms with Crippen LogP contribution in [0, 0.1) is 0 Å². The number of amides is 1. The predicted octanol–water partition coefficient (Wildman–Crippen LogP) is 3.96. The molecule has 0 bridgehead atoms. The minimum atomic E-state index is 0.0145. The van der Waals surface area contributed by atoms with Gasteiger partial charge in [-0.25, -0.2) is 0 Å². The van der Waals surface area contributed by atoms with Gasteiger partial charge >= 0.3 is 0 Å². The molecular formula is C20H24ClNO4. The average Bonchev–Trinajstić information content (AvgIpc) is 2.65. The highest BCUT2D eigenvalue weighted by Crippen LogP contribution is 2.32. The summed E-state index contributed by atoms with van der Waals surface area (Å²) >= 11 is 6.15. The average molecular weight is 378 g/mol. The van der Waals surface area contributed by atoms with E-state index in [4.69, 9.17) is 25.8 Å². The first-order valence-electron chi connectivity index (χ1n) is 8.27. The molecule has 0 aromatic heterocycles. The molecule has 5 nitrogen and oxygen atoms in total. The Hall–Kier alpha value is -2.40. The summed E-state index contributed by atoms with van der Waals surface area (Å²) in [5.41, 5.74) is 1.98. The Bertz CT molecular complexity index is 746. The van der Waals surface area contributed by atoms with Gasteiger partial charge in [0, 0.05) is 26.1 Å². The Kier molecular flexibility index (Phi) is 7.16. The maximum absolute atomic E-state index is 12.0. The summed E-state index contributed by atoms with van der Waals surface area (Å²) in [7, 11) is 4.80. The van der Waals surface area contributed by atoms with Crippen LogP contribution in [0.15, 0.2) is 36.4 Å². The number of carbonyl (C=O) groups is 1. The number of nitrogens with zero attached hydrogens (tertiary/aromatic N) is 1. The summed E-state index contributed by atoms with van der Waals surface area (Å²) in [4.78, 5) is 13.8. The van der Waals surface area contributed by atoms with Gasteiger partial charge in [-0.3, -0.25) is 4.79 Å². The van der Waals surface area contributed by atoms with Gasteiger partial charge in [-0.15, -0.1) is 0 Å². The van der Waals surface area contributed by atoms with Crippen molar-refractivity contribution in [1.29, 1.82) is 0 Å². The number of methoxy groups -OCH3 is 3. The fraction of sp³-hybridized carbons (Fsp3) is 0.350. The number of hydrogen-bond acceptors (Lipinski definition) is 4. The van der Waals surface area contributed by atoms with Gasteiger partial charge in [0.05, 0.1) is 26.4 Å². The molecule has 0 aliphatic rings. The van der Waals surface area contributed by atoms with Crippen LogP contribution in [0.2, 0.25) is 5.02 Å². The lowest BCUT2D eigenvalue weighted by Gasteiger charge is -2.22. The molecule has 0 fully saturated rings. The van der Waals surface area contributed by atoms with Crippen LogP contribution in [0.25, 0.3) is 0 Å². The van der Waals surface area contributed by atoms with E-state index in [1.165, 1.54) is 0 Å². The largest absolute Gasteiger partial charge is 0.497 e. The molecule has 0 atom stereocenters. The van der Waals surface area contributed by atoms with Crippen molar-refractivity contribution in [3.05, 3.63) is 52.5 Å². The van der Waals surface area contributed by atoms with Crippen LogP contribution in [0.3, 0.4) is 0 Å². The second-order valence-electron chi connectivity index (χ2n) is 5.84. The number of ether oxygens (including phenoxy) is 3. The smallest absolute Gasteiger partial charge is 0.219 e. The summed E-state index contributed by atoms with van der Waals surface area (Å²) in [5, 5.41) is 0.495. The van der Waals surface area contributed by atoms with Crippen LogP contribution >= 0.6 is 11.6 Å². The van der Waals surface area contributed by atoms with Crippen LogP contribution in [0.1, 0.15) is 18.1 Å². The molecule has 2 rings (SSSR count). The molecule has 2 aromatic carbocycles. The normalized spacial score (nSPS) is 10.3. The monoisotopic (exact) mass is 377 g/mol. The highest BCUT2D eigenvalue weighted by molar-refractivity contribution is 6.32. The maximum Gasteiger partial charge on any atom is 0.219 e. The van der Waals surface area contributed by atoms with Gasteiger partial charge in [-0.05, 0) is 35.7 Å². The van der Waals surface area contributed by atoms with Gasteiger partial charge in [0.2, 0.25) is 5.91 Å². The molecular weight excluding hydrogens is 354 g/mol. The zero-order chi connectivity index (χ0) is 19.1.